The number of aryl methyl sites for hydroxylation is 2. The first-order chi connectivity index (χ1) is 14.5. The van der Waals surface area contributed by atoms with Crippen LogP contribution >= 0.6 is 0 Å². The summed E-state index contributed by atoms with van der Waals surface area (Å²) in [6, 6.07) is 9.75. The molecule has 0 aliphatic carbocycles. The molecule has 0 bridgehead atoms. The number of carbonyl (C=O) groups excluding carboxylic acids is 1. The van der Waals surface area contributed by atoms with E-state index in [9.17, 15) is 18.0 Å². The average molecular weight is 445 g/mol. The SMILES string of the molecule is CNS(=O)(=O)c1cccc(Cc2c(C)c3cc(C)c(OC(=O)N(C)C)cc3oc2=O)c1. The molecule has 3 rings (SSSR count). The van der Waals surface area contributed by atoms with E-state index in [0.717, 1.165) is 10.9 Å². The van der Waals surface area contributed by atoms with Crippen LogP contribution in [-0.2, 0) is 16.4 Å². The van der Waals surface area contributed by atoms with Crippen LogP contribution in [-0.4, -0.2) is 40.6 Å². The van der Waals surface area contributed by atoms with Gasteiger partial charge >= 0.3 is 11.7 Å². The van der Waals surface area contributed by atoms with Crippen molar-refractivity contribution >= 4 is 27.1 Å². The van der Waals surface area contributed by atoms with Gasteiger partial charge in [-0.3, -0.25) is 0 Å². The zero-order valence-electron chi connectivity index (χ0n) is 18.0. The lowest BCUT2D eigenvalue weighted by Crippen LogP contribution is -2.25. The Hall–Kier alpha value is -3.17. The first-order valence-corrected chi connectivity index (χ1v) is 11.0. The van der Waals surface area contributed by atoms with Crippen molar-refractivity contribution in [1.82, 2.24) is 9.62 Å². The standard InChI is InChI=1S/C22H24N2O6S/c1-13-9-17-14(2)18(11-15-7-6-8-16(10-15)31(27,28)23-3)21(25)29-20(17)12-19(13)30-22(26)24(4)5/h6-10,12,23H,11H2,1-5H3. The van der Waals surface area contributed by atoms with Gasteiger partial charge in [0, 0.05) is 37.5 Å². The molecule has 9 heteroatoms. The molecule has 0 spiro atoms. The van der Waals surface area contributed by atoms with E-state index in [1.165, 1.54) is 30.1 Å². The Kier molecular flexibility index (Phi) is 6.19. The molecule has 0 unspecified atom stereocenters. The molecule has 1 heterocycles. The molecule has 164 valence electrons. The minimum absolute atomic E-state index is 0.124. The highest BCUT2D eigenvalue weighted by molar-refractivity contribution is 7.89. The second kappa shape index (κ2) is 8.52. The second-order valence-corrected chi connectivity index (χ2v) is 9.29. The predicted octanol–water partition coefficient (Wildman–Crippen LogP) is 2.97. The van der Waals surface area contributed by atoms with Crippen LogP contribution in [0.1, 0.15) is 22.3 Å². The highest BCUT2D eigenvalue weighted by Crippen LogP contribution is 2.29. The number of ether oxygens (including phenoxy) is 1. The summed E-state index contributed by atoms with van der Waals surface area (Å²) in [7, 11) is 0.904. The van der Waals surface area contributed by atoms with Crippen LogP contribution < -0.4 is 15.1 Å². The van der Waals surface area contributed by atoms with Crippen molar-refractivity contribution in [2.24, 2.45) is 0 Å². The first-order valence-electron chi connectivity index (χ1n) is 9.52. The normalized spacial score (nSPS) is 11.5. The van der Waals surface area contributed by atoms with Gasteiger partial charge in [0.15, 0.2) is 0 Å². The molecule has 2 aromatic carbocycles. The van der Waals surface area contributed by atoms with Gasteiger partial charge in [-0.1, -0.05) is 12.1 Å². The van der Waals surface area contributed by atoms with Gasteiger partial charge in [0.2, 0.25) is 10.0 Å². The fourth-order valence-electron chi connectivity index (χ4n) is 3.17. The molecule has 8 nitrogen and oxygen atoms in total. The van der Waals surface area contributed by atoms with Gasteiger partial charge in [-0.15, -0.1) is 0 Å². The molecule has 0 saturated carbocycles. The van der Waals surface area contributed by atoms with Crippen molar-refractivity contribution in [3.63, 3.8) is 0 Å². The molecule has 3 aromatic rings. The summed E-state index contributed by atoms with van der Waals surface area (Å²) in [5, 5.41) is 0.718. The van der Waals surface area contributed by atoms with Crippen LogP contribution in [0.2, 0.25) is 0 Å². The Labute approximate surface area is 180 Å². The molecule has 1 aromatic heterocycles. The Morgan fingerprint density at radius 3 is 2.52 bits per heavy atom. The van der Waals surface area contributed by atoms with E-state index in [1.54, 1.807) is 39.2 Å². The van der Waals surface area contributed by atoms with Gasteiger partial charge in [0.1, 0.15) is 11.3 Å². The second-order valence-electron chi connectivity index (χ2n) is 7.40. The van der Waals surface area contributed by atoms with Crippen molar-refractivity contribution in [1.29, 1.82) is 0 Å². The molecule has 0 atom stereocenters. The largest absolute Gasteiger partial charge is 0.422 e. The average Bonchev–Trinajstić information content (AvgIpc) is 2.72. The van der Waals surface area contributed by atoms with E-state index in [2.05, 4.69) is 4.72 Å². The highest BCUT2D eigenvalue weighted by atomic mass is 32.2. The summed E-state index contributed by atoms with van der Waals surface area (Å²) in [5.41, 5.74) is 2.32. The minimum atomic E-state index is -3.59. The zero-order chi connectivity index (χ0) is 22.9. The summed E-state index contributed by atoms with van der Waals surface area (Å²) < 4.78 is 37.3. The summed E-state index contributed by atoms with van der Waals surface area (Å²) >= 11 is 0. The summed E-state index contributed by atoms with van der Waals surface area (Å²) in [6.07, 6.45) is -0.317. The van der Waals surface area contributed by atoms with Crippen LogP contribution in [0.3, 0.4) is 0 Å². The number of amides is 1. The molecular formula is C22H24N2O6S. The van der Waals surface area contributed by atoms with Gasteiger partial charge < -0.3 is 14.1 Å². The summed E-state index contributed by atoms with van der Waals surface area (Å²) in [4.78, 5) is 26.0. The molecule has 31 heavy (non-hydrogen) atoms. The number of nitrogens with zero attached hydrogens (tertiary/aromatic N) is 1. The van der Waals surface area contributed by atoms with Crippen LogP contribution in [0.15, 0.2) is 50.5 Å². The van der Waals surface area contributed by atoms with E-state index < -0.39 is 21.7 Å². The highest BCUT2D eigenvalue weighted by Gasteiger charge is 2.17. The number of nitrogens with one attached hydrogen (secondary N) is 1. The Morgan fingerprint density at radius 2 is 1.87 bits per heavy atom. The molecule has 0 aliphatic rings. The Bertz CT molecular complexity index is 1330. The van der Waals surface area contributed by atoms with E-state index in [-0.39, 0.29) is 11.3 Å². The Morgan fingerprint density at radius 1 is 1.16 bits per heavy atom. The number of hydrogen-bond donors (Lipinski definition) is 1. The van der Waals surface area contributed by atoms with Crippen molar-refractivity contribution in [3.8, 4) is 5.75 Å². The van der Waals surface area contributed by atoms with E-state index in [1.807, 2.05) is 6.92 Å². The van der Waals surface area contributed by atoms with Gasteiger partial charge in [0.05, 0.1) is 4.90 Å². The lowest BCUT2D eigenvalue weighted by molar-refractivity contribution is 0.171. The van der Waals surface area contributed by atoms with Crippen LogP contribution in [0.5, 0.6) is 5.75 Å². The predicted molar refractivity (Wildman–Crippen MR) is 117 cm³/mol. The maximum Gasteiger partial charge on any atom is 0.414 e. The third-order valence-corrected chi connectivity index (χ3v) is 6.42. The van der Waals surface area contributed by atoms with Gasteiger partial charge in [0.25, 0.3) is 0 Å². The quantitative estimate of drug-likeness (QED) is 0.607. The number of fused-ring (bicyclic) bond motifs is 1. The van der Waals surface area contributed by atoms with Gasteiger partial charge in [-0.25, -0.2) is 22.7 Å². The van der Waals surface area contributed by atoms with Gasteiger partial charge in [-0.2, -0.15) is 0 Å². The number of rotatable bonds is 5. The van der Waals surface area contributed by atoms with E-state index in [0.29, 0.717) is 28.0 Å². The number of hydrogen-bond acceptors (Lipinski definition) is 6. The maximum atomic E-state index is 12.7. The van der Waals surface area contributed by atoms with Crippen LogP contribution in [0.25, 0.3) is 11.0 Å². The molecule has 1 N–H and O–H groups in total. The van der Waals surface area contributed by atoms with Crippen molar-refractivity contribution < 1.29 is 22.4 Å². The molecule has 0 saturated heterocycles. The number of carbonyl (C=O) groups is 1. The fraction of sp³-hybridized carbons (Fsp3) is 0.273. The number of benzene rings is 2. The Balaban J connectivity index is 2.05. The third kappa shape index (κ3) is 4.62. The minimum Gasteiger partial charge on any atom is -0.422 e. The monoisotopic (exact) mass is 444 g/mol. The van der Waals surface area contributed by atoms with Crippen molar-refractivity contribution in [3.05, 3.63) is 69.1 Å². The maximum absolute atomic E-state index is 12.7. The van der Waals surface area contributed by atoms with Crippen LogP contribution in [0, 0.1) is 13.8 Å². The van der Waals surface area contributed by atoms with Crippen molar-refractivity contribution in [2.75, 3.05) is 21.1 Å². The topological polar surface area (TPSA) is 106 Å². The van der Waals surface area contributed by atoms with Crippen LogP contribution in [0.4, 0.5) is 4.79 Å². The first kappa shape index (κ1) is 22.5. The van der Waals surface area contributed by atoms with Gasteiger partial charge in [-0.05, 0) is 55.8 Å². The number of sulfonamides is 1. The molecule has 0 radical (unpaired) electrons. The van der Waals surface area contributed by atoms with E-state index >= 15 is 0 Å². The van der Waals surface area contributed by atoms with E-state index in [4.69, 9.17) is 9.15 Å². The fourth-order valence-corrected chi connectivity index (χ4v) is 3.97. The molecule has 1 amide bonds. The lowest BCUT2D eigenvalue weighted by Gasteiger charge is -2.14. The lowest BCUT2D eigenvalue weighted by atomic mass is 9.98. The third-order valence-electron chi connectivity index (χ3n) is 5.00. The molecule has 0 fully saturated rings. The molecule has 0 aliphatic heterocycles. The summed E-state index contributed by atoms with van der Waals surface area (Å²) in [5.74, 6) is 0.312. The summed E-state index contributed by atoms with van der Waals surface area (Å²) in [6.45, 7) is 3.61. The smallest absolute Gasteiger partial charge is 0.414 e. The zero-order valence-corrected chi connectivity index (χ0v) is 18.8. The molecular weight excluding hydrogens is 420 g/mol. The van der Waals surface area contributed by atoms with Crippen molar-refractivity contribution in [2.45, 2.75) is 25.2 Å².